The Morgan fingerprint density at radius 1 is 1.10 bits per heavy atom. The predicted molar refractivity (Wildman–Crippen MR) is 126 cm³/mol. The first-order valence-electron chi connectivity index (χ1n) is 9.92. The molecule has 0 saturated heterocycles. The number of hydrogen-bond acceptors (Lipinski definition) is 5. The van der Waals surface area contributed by atoms with Crippen LogP contribution >= 0.6 is 23.1 Å². The minimum Gasteiger partial charge on any atom is -0.311 e. The van der Waals surface area contributed by atoms with Gasteiger partial charge in [-0.1, -0.05) is 29.5 Å². The molecule has 0 aliphatic carbocycles. The summed E-state index contributed by atoms with van der Waals surface area (Å²) in [5, 5.41) is 8.33. The van der Waals surface area contributed by atoms with Crippen LogP contribution in [0.2, 0.25) is 0 Å². The largest absolute Gasteiger partial charge is 0.311 e. The van der Waals surface area contributed by atoms with Gasteiger partial charge in [-0.3, -0.25) is 4.79 Å². The topological polar surface area (TPSA) is 59.8 Å². The molecule has 0 aliphatic heterocycles. The number of nitrogens with one attached hydrogen (secondary N) is 1. The maximum Gasteiger partial charge on any atom is 0.225 e. The Balaban J connectivity index is 1.42. The Morgan fingerprint density at radius 3 is 2.67 bits per heavy atom. The molecule has 0 saturated carbocycles. The molecular formula is C23H24N4OS2. The fourth-order valence-corrected chi connectivity index (χ4v) is 5.02. The predicted octanol–water partition coefficient (Wildman–Crippen LogP) is 5.92. The molecule has 7 heteroatoms. The van der Waals surface area contributed by atoms with Gasteiger partial charge in [0.15, 0.2) is 0 Å². The van der Waals surface area contributed by atoms with E-state index in [4.69, 9.17) is 4.98 Å². The smallest absolute Gasteiger partial charge is 0.225 e. The number of amides is 1. The van der Waals surface area contributed by atoms with Gasteiger partial charge in [0, 0.05) is 17.4 Å². The number of aromatic nitrogens is 3. The Kier molecular flexibility index (Phi) is 6.20. The molecule has 1 amide bonds. The molecular weight excluding hydrogens is 412 g/mol. The fourth-order valence-electron chi connectivity index (χ4n) is 3.14. The zero-order valence-corrected chi connectivity index (χ0v) is 18.9. The quantitative estimate of drug-likeness (QED) is 0.289. The number of fused-ring (bicyclic) bond motifs is 1. The lowest BCUT2D eigenvalue weighted by Crippen LogP contribution is -2.14. The molecule has 0 spiro atoms. The van der Waals surface area contributed by atoms with Gasteiger partial charge in [0.1, 0.15) is 5.82 Å². The summed E-state index contributed by atoms with van der Waals surface area (Å²) in [6.07, 6.45) is 1.29. The SMILES string of the molecule is Cc1cc(NC(=O)CCCSc2ccccc2)n(-c2nc3cc(C)c(C)cc3s2)n1. The molecule has 2 aromatic carbocycles. The second-order valence-corrected chi connectivity index (χ2v) is 9.47. The maximum absolute atomic E-state index is 12.5. The van der Waals surface area contributed by atoms with Crippen molar-refractivity contribution >= 4 is 45.0 Å². The van der Waals surface area contributed by atoms with E-state index in [9.17, 15) is 4.79 Å². The molecule has 154 valence electrons. The van der Waals surface area contributed by atoms with E-state index in [1.807, 2.05) is 31.2 Å². The molecule has 0 atom stereocenters. The van der Waals surface area contributed by atoms with Gasteiger partial charge in [0.2, 0.25) is 11.0 Å². The first-order chi connectivity index (χ1) is 14.5. The van der Waals surface area contributed by atoms with Gasteiger partial charge < -0.3 is 5.32 Å². The Morgan fingerprint density at radius 2 is 1.87 bits per heavy atom. The molecule has 2 aromatic heterocycles. The fraction of sp³-hybridized carbons (Fsp3) is 0.261. The standard InChI is InChI=1S/C23H24N4OS2/c1-15-12-19-20(13-16(15)2)30-23(24-19)27-21(14-17(3)26-27)25-22(28)10-7-11-29-18-8-5-4-6-9-18/h4-6,8-9,12-14H,7,10-11H2,1-3H3,(H,25,28). The highest BCUT2D eigenvalue weighted by Crippen LogP contribution is 2.29. The number of carbonyl (C=O) groups is 1. The van der Waals surface area contributed by atoms with Crippen LogP contribution in [0.15, 0.2) is 53.4 Å². The van der Waals surface area contributed by atoms with E-state index < -0.39 is 0 Å². The number of hydrogen-bond donors (Lipinski definition) is 1. The van der Waals surface area contributed by atoms with Crippen molar-refractivity contribution in [2.24, 2.45) is 0 Å². The van der Waals surface area contributed by atoms with Crippen LogP contribution in [0, 0.1) is 20.8 Å². The summed E-state index contributed by atoms with van der Waals surface area (Å²) in [5.41, 5.74) is 4.27. The van der Waals surface area contributed by atoms with Crippen LogP contribution in [0.1, 0.15) is 29.7 Å². The van der Waals surface area contributed by atoms with Gasteiger partial charge in [-0.15, -0.1) is 11.8 Å². The van der Waals surface area contributed by atoms with E-state index in [-0.39, 0.29) is 5.91 Å². The lowest BCUT2D eigenvalue weighted by molar-refractivity contribution is -0.116. The number of thiazole rings is 1. The average molecular weight is 437 g/mol. The molecule has 0 radical (unpaired) electrons. The Bertz CT molecular complexity index is 1140. The molecule has 2 heterocycles. The zero-order chi connectivity index (χ0) is 21.1. The van der Waals surface area contributed by atoms with E-state index in [0.29, 0.717) is 12.2 Å². The van der Waals surface area contributed by atoms with Crippen molar-refractivity contribution in [1.82, 2.24) is 14.8 Å². The second kappa shape index (κ2) is 9.02. The van der Waals surface area contributed by atoms with E-state index >= 15 is 0 Å². The van der Waals surface area contributed by atoms with E-state index in [2.05, 4.69) is 48.5 Å². The van der Waals surface area contributed by atoms with Crippen LogP contribution in [0.3, 0.4) is 0 Å². The summed E-state index contributed by atoms with van der Waals surface area (Å²) in [4.78, 5) is 18.5. The maximum atomic E-state index is 12.5. The van der Waals surface area contributed by atoms with Crippen LogP contribution < -0.4 is 5.32 Å². The second-order valence-electron chi connectivity index (χ2n) is 7.30. The van der Waals surface area contributed by atoms with Crippen LogP contribution in [-0.4, -0.2) is 26.4 Å². The number of benzene rings is 2. The first-order valence-corrected chi connectivity index (χ1v) is 11.7. The third-order valence-corrected chi connectivity index (χ3v) is 6.92. The molecule has 1 N–H and O–H groups in total. The molecule has 30 heavy (non-hydrogen) atoms. The number of rotatable bonds is 7. The molecule has 4 aromatic rings. The van der Waals surface area contributed by atoms with Crippen LogP contribution in [0.5, 0.6) is 0 Å². The molecule has 4 rings (SSSR count). The van der Waals surface area contributed by atoms with Crippen molar-refractivity contribution in [2.75, 3.05) is 11.1 Å². The number of thioether (sulfide) groups is 1. The van der Waals surface area contributed by atoms with Crippen molar-refractivity contribution in [1.29, 1.82) is 0 Å². The van der Waals surface area contributed by atoms with Gasteiger partial charge >= 0.3 is 0 Å². The number of carbonyl (C=O) groups excluding carboxylic acids is 1. The Labute approximate surface area is 184 Å². The number of nitrogens with zero attached hydrogens (tertiary/aromatic N) is 3. The average Bonchev–Trinajstić information content (AvgIpc) is 3.29. The van der Waals surface area contributed by atoms with E-state index in [1.54, 1.807) is 27.8 Å². The van der Waals surface area contributed by atoms with E-state index in [1.165, 1.54) is 16.0 Å². The summed E-state index contributed by atoms with van der Waals surface area (Å²) in [6, 6.07) is 16.4. The highest BCUT2D eigenvalue weighted by Gasteiger charge is 2.15. The normalized spacial score (nSPS) is 11.2. The summed E-state index contributed by atoms with van der Waals surface area (Å²) < 4.78 is 2.86. The number of anilines is 1. The van der Waals surface area contributed by atoms with Crippen LogP contribution in [-0.2, 0) is 4.79 Å². The molecule has 0 aliphatic rings. The molecule has 0 unspecified atom stereocenters. The summed E-state index contributed by atoms with van der Waals surface area (Å²) in [5.74, 6) is 1.57. The lowest BCUT2D eigenvalue weighted by atomic mass is 10.1. The summed E-state index contributed by atoms with van der Waals surface area (Å²) in [7, 11) is 0. The first kappa shape index (κ1) is 20.6. The van der Waals surface area contributed by atoms with Gasteiger partial charge in [-0.05, 0) is 68.3 Å². The molecule has 5 nitrogen and oxygen atoms in total. The highest BCUT2D eigenvalue weighted by molar-refractivity contribution is 7.99. The van der Waals surface area contributed by atoms with Crippen molar-refractivity contribution in [2.45, 2.75) is 38.5 Å². The van der Waals surface area contributed by atoms with Crippen LogP contribution in [0.4, 0.5) is 5.82 Å². The van der Waals surface area contributed by atoms with E-state index in [0.717, 1.165) is 33.2 Å². The monoisotopic (exact) mass is 436 g/mol. The van der Waals surface area contributed by atoms with Gasteiger partial charge in [0.05, 0.1) is 15.9 Å². The van der Waals surface area contributed by atoms with Crippen LogP contribution in [0.25, 0.3) is 15.3 Å². The van der Waals surface area contributed by atoms with Crippen molar-refractivity contribution in [3.05, 3.63) is 65.4 Å². The number of aryl methyl sites for hydroxylation is 3. The lowest BCUT2D eigenvalue weighted by Gasteiger charge is -2.06. The summed E-state index contributed by atoms with van der Waals surface area (Å²) >= 11 is 3.35. The van der Waals surface area contributed by atoms with Crippen molar-refractivity contribution in [3.63, 3.8) is 0 Å². The van der Waals surface area contributed by atoms with Gasteiger partial charge in [0.25, 0.3) is 0 Å². The summed E-state index contributed by atoms with van der Waals surface area (Å²) in [6.45, 7) is 6.12. The van der Waals surface area contributed by atoms with Crippen molar-refractivity contribution in [3.8, 4) is 5.13 Å². The minimum atomic E-state index is -0.00221. The van der Waals surface area contributed by atoms with Gasteiger partial charge in [-0.2, -0.15) is 9.78 Å². The van der Waals surface area contributed by atoms with Gasteiger partial charge in [-0.25, -0.2) is 4.98 Å². The third kappa shape index (κ3) is 4.74. The minimum absolute atomic E-state index is 0.00221. The zero-order valence-electron chi connectivity index (χ0n) is 17.3. The highest BCUT2D eigenvalue weighted by atomic mass is 32.2. The molecule has 0 bridgehead atoms. The molecule has 0 fully saturated rings. The third-order valence-electron chi connectivity index (χ3n) is 4.83. The van der Waals surface area contributed by atoms with Crippen molar-refractivity contribution < 1.29 is 4.79 Å². The Hall–Kier alpha value is -2.64.